The van der Waals surface area contributed by atoms with Crippen molar-refractivity contribution in [1.82, 2.24) is 0 Å². The Bertz CT molecular complexity index is 360. The Morgan fingerprint density at radius 1 is 1.33 bits per heavy atom. The molecule has 0 unspecified atom stereocenters. The molecule has 88 valence electrons. The van der Waals surface area contributed by atoms with Crippen LogP contribution >= 0.6 is 0 Å². The maximum Gasteiger partial charge on any atom is 0.400 e. The van der Waals surface area contributed by atoms with Crippen LogP contribution in [0, 0.1) is 0 Å². The highest BCUT2D eigenvalue weighted by Gasteiger charge is 2.49. The largest absolute Gasteiger partial charge is 0.461 e. The summed E-state index contributed by atoms with van der Waals surface area (Å²) in [5, 5.41) is 0. The van der Waals surface area contributed by atoms with Gasteiger partial charge in [-0.2, -0.15) is 8.78 Å². The van der Waals surface area contributed by atoms with Crippen LogP contribution in [0.3, 0.4) is 0 Å². The Hall–Kier alpha value is -1.05. The molecule has 0 N–H and O–H groups in total. The van der Waals surface area contributed by atoms with E-state index in [0.29, 0.717) is 6.26 Å². The Kier molecular flexibility index (Phi) is 4.32. The lowest BCUT2D eigenvalue weighted by molar-refractivity contribution is -0.175. The van der Waals surface area contributed by atoms with Crippen LogP contribution in [0.15, 0.2) is 0 Å². The second-order valence-electron chi connectivity index (χ2n) is 2.79. The predicted octanol–water partition coefficient (Wildman–Crippen LogP) is -0.201. The molecule has 0 amide bonds. The maximum atomic E-state index is 12.8. The zero-order chi connectivity index (χ0) is 12.3. The molecule has 0 aliphatic heterocycles. The number of sulfone groups is 1. The minimum absolute atomic E-state index is 0.319. The molecule has 0 heterocycles. The van der Waals surface area contributed by atoms with Crippen molar-refractivity contribution in [3.63, 3.8) is 0 Å². The first-order valence-electron chi connectivity index (χ1n) is 3.87. The molecule has 0 aromatic heterocycles. The van der Waals surface area contributed by atoms with E-state index in [0.717, 1.165) is 0 Å². The van der Waals surface area contributed by atoms with E-state index in [2.05, 4.69) is 4.74 Å². The molecule has 0 atom stereocenters. The molecule has 0 radical (unpaired) electrons. The van der Waals surface area contributed by atoms with Crippen LogP contribution in [-0.4, -0.2) is 44.7 Å². The SMILES string of the molecule is CCOC(=O)C(F)(F)C(=O)CS(C)(=O)=O. The standard InChI is InChI=1S/C7H10F2O5S/c1-3-14-6(11)7(8,9)5(10)4-15(2,12)13/h3-4H2,1-2H3. The quantitative estimate of drug-likeness (QED) is 0.494. The van der Waals surface area contributed by atoms with Crippen LogP contribution in [0.4, 0.5) is 8.78 Å². The summed E-state index contributed by atoms with van der Waals surface area (Å²) in [6, 6.07) is 0. The topological polar surface area (TPSA) is 77.5 Å². The molecule has 8 heteroatoms. The van der Waals surface area contributed by atoms with E-state index in [1.807, 2.05) is 0 Å². The minimum Gasteiger partial charge on any atom is -0.461 e. The first kappa shape index (κ1) is 13.9. The molecule has 0 aliphatic rings. The van der Waals surface area contributed by atoms with Crippen molar-refractivity contribution in [2.75, 3.05) is 18.6 Å². The van der Waals surface area contributed by atoms with E-state index in [1.54, 1.807) is 0 Å². The normalized spacial score (nSPS) is 12.3. The molecule has 0 aromatic rings. The predicted molar refractivity (Wildman–Crippen MR) is 46.3 cm³/mol. The molecule has 0 bridgehead atoms. The van der Waals surface area contributed by atoms with Crippen molar-refractivity contribution in [3.05, 3.63) is 0 Å². The van der Waals surface area contributed by atoms with Crippen molar-refractivity contribution in [2.24, 2.45) is 0 Å². The van der Waals surface area contributed by atoms with Gasteiger partial charge in [0.25, 0.3) is 0 Å². The monoisotopic (exact) mass is 244 g/mol. The zero-order valence-corrected chi connectivity index (χ0v) is 8.94. The van der Waals surface area contributed by atoms with Crippen molar-refractivity contribution in [3.8, 4) is 0 Å². The van der Waals surface area contributed by atoms with Crippen LogP contribution in [0.2, 0.25) is 0 Å². The highest BCUT2D eigenvalue weighted by Crippen LogP contribution is 2.17. The van der Waals surface area contributed by atoms with Gasteiger partial charge in [0.1, 0.15) is 5.75 Å². The zero-order valence-electron chi connectivity index (χ0n) is 8.12. The van der Waals surface area contributed by atoms with Crippen LogP contribution in [0.5, 0.6) is 0 Å². The summed E-state index contributed by atoms with van der Waals surface area (Å²) in [5.41, 5.74) is 0. The molecule has 0 saturated heterocycles. The molecular weight excluding hydrogens is 234 g/mol. The first-order chi connectivity index (χ1) is 6.61. The number of ether oxygens (including phenoxy) is 1. The molecule has 5 nitrogen and oxygen atoms in total. The Morgan fingerprint density at radius 3 is 2.13 bits per heavy atom. The Balaban J connectivity index is 4.74. The highest BCUT2D eigenvalue weighted by molar-refractivity contribution is 7.91. The van der Waals surface area contributed by atoms with Crippen molar-refractivity contribution in [2.45, 2.75) is 12.8 Å². The second kappa shape index (κ2) is 4.65. The lowest BCUT2D eigenvalue weighted by atomic mass is 10.2. The number of ketones is 1. The molecule has 0 aromatic carbocycles. The lowest BCUT2D eigenvalue weighted by Crippen LogP contribution is -2.42. The third kappa shape index (κ3) is 4.32. The number of carbonyl (C=O) groups is 2. The number of Topliss-reactive ketones (excluding diaryl/α,β-unsaturated/α-hetero) is 1. The number of carbonyl (C=O) groups excluding carboxylic acids is 2. The van der Waals surface area contributed by atoms with E-state index in [9.17, 15) is 26.8 Å². The molecule has 15 heavy (non-hydrogen) atoms. The van der Waals surface area contributed by atoms with Crippen LogP contribution in [-0.2, 0) is 24.2 Å². The molecule has 0 rings (SSSR count). The Morgan fingerprint density at radius 2 is 1.80 bits per heavy atom. The van der Waals surface area contributed by atoms with Crippen molar-refractivity contribution in [1.29, 1.82) is 0 Å². The van der Waals surface area contributed by atoms with E-state index >= 15 is 0 Å². The lowest BCUT2D eigenvalue weighted by Gasteiger charge is -2.12. The number of halogens is 2. The first-order valence-corrected chi connectivity index (χ1v) is 5.93. The van der Waals surface area contributed by atoms with E-state index in [-0.39, 0.29) is 6.61 Å². The molecule has 0 fully saturated rings. The van der Waals surface area contributed by atoms with Gasteiger partial charge >= 0.3 is 11.9 Å². The summed E-state index contributed by atoms with van der Waals surface area (Å²) in [6.45, 7) is 0.968. The third-order valence-electron chi connectivity index (χ3n) is 1.28. The highest BCUT2D eigenvalue weighted by atomic mass is 32.2. The van der Waals surface area contributed by atoms with Gasteiger partial charge in [-0.15, -0.1) is 0 Å². The van der Waals surface area contributed by atoms with Crippen LogP contribution in [0.25, 0.3) is 0 Å². The number of rotatable bonds is 5. The second-order valence-corrected chi connectivity index (χ2v) is 4.93. The van der Waals surface area contributed by atoms with Gasteiger partial charge < -0.3 is 4.74 Å². The number of hydrogen-bond acceptors (Lipinski definition) is 5. The van der Waals surface area contributed by atoms with Gasteiger partial charge in [0, 0.05) is 6.26 Å². The van der Waals surface area contributed by atoms with Gasteiger partial charge in [-0.25, -0.2) is 13.2 Å². The van der Waals surface area contributed by atoms with E-state index < -0.39 is 33.3 Å². The maximum absolute atomic E-state index is 12.8. The summed E-state index contributed by atoms with van der Waals surface area (Å²) in [6.07, 6.45) is 0.617. The van der Waals surface area contributed by atoms with Gasteiger partial charge in [-0.05, 0) is 6.92 Å². The third-order valence-corrected chi connectivity index (χ3v) is 2.06. The minimum atomic E-state index is -4.40. The summed E-state index contributed by atoms with van der Waals surface area (Å²) in [5.74, 6) is -9.81. The van der Waals surface area contributed by atoms with Gasteiger partial charge in [0.2, 0.25) is 5.78 Å². The average Bonchev–Trinajstić information content (AvgIpc) is 2.01. The van der Waals surface area contributed by atoms with Gasteiger partial charge in [0.05, 0.1) is 6.61 Å². The summed E-state index contributed by atoms with van der Waals surface area (Å²) in [7, 11) is -3.89. The molecule has 0 saturated carbocycles. The van der Waals surface area contributed by atoms with Crippen molar-refractivity contribution < 1.29 is 31.5 Å². The number of esters is 1. The molecule has 0 aliphatic carbocycles. The molecule has 0 spiro atoms. The van der Waals surface area contributed by atoms with Crippen LogP contribution in [0.1, 0.15) is 6.92 Å². The summed E-state index contributed by atoms with van der Waals surface area (Å²) >= 11 is 0. The fraction of sp³-hybridized carbons (Fsp3) is 0.714. The smallest absolute Gasteiger partial charge is 0.400 e. The molecular formula is C7H10F2O5S. The fourth-order valence-electron chi connectivity index (χ4n) is 0.664. The number of alkyl halides is 2. The average molecular weight is 244 g/mol. The van der Waals surface area contributed by atoms with Crippen LogP contribution < -0.4 is 0 Å². The van der Waals surface area contributed by atoms with Crippen molar-refractivity contribution >= 4 is 21.6 Å². The summed E-state index contributed by atoms with van der Waals surface area (Å²) < 4.78 is 50.7. The van der Waals surface area contributed by atoms with Gasteiger partial charge in [0.15, 0.2) is 9.84 Å². The number of hydrogen-bond donors (Lipinski definition) is 0. The van der Waals surface area contributed by atoms with Gasteiger partial charge in [-0.3, -0.25) is 4.79 Å². The van der Waals surface area contributed by atoms with E-state index in [4.69, 9.17) is 0 Å². The summed E-state index contributed by atoms with van der Waals surface area (Å²) in [4.78, 5) is 21.4. The Labute approximate surface area is 85.3 Å². The van der Waals surface area contributed by atoms with E-state index in [1.165, 1.54) is 6.92 Å². The van der Waals surface area contributed by atoms with Gasteiger partial charge in [-0.1, -0.05) is 0 Å². The fourth-order valence-corrected chi connectivity index (χ4v) is 1.32.